The van der Waals surface area contributed by atoms with E-state index in [9.17, 15) is 27.6 Å². The topological polar surface area (TPSA) is 82.6 Å². The van der Waals surface area contributed by atoms with Crippen molar-refractivity contribution < 1.29 is 37.0 Å². The third-order valence-electron chi connectivity index (χ3n) is 3.45. The van der Waals surface area contributed by atoms with E-state index >= 15 is 0 Å². The lowest BCUT2D eigenvalue weighted by atomic mass is 9.96. The van der Waals surface area contributed by atoms with Gasteiger partial charge in [-0.3, -0.25) is 14.4 Å². The summed E-state index contributed by atoms with van der Waals surface area (Å²) < 4.78 is 49.2. The van der Waals surface area contributed by atoms with Gasteiger partial charge in [0, 0.05) is 6.42 Å². The van der Waals surface area contributed by atoms with Gasteiger partial charge < -0.3 is 9.47 Å². The second-order valence-electron chi connectivity index (χ2n) is 7.15. The minimum atomic E-state index is -4.74. The van der Waals surface area contributed by atoms with Crippen molar-refractivity contribution in [3.8, 4) is 0 Å². The molecular formula is C19H24F3NO5. The van der Waals surface area contributed by atoms with Crippen LogP contribution in [-0.4, -0.2) is 41.1 Å². The normalized spacial score (nSPS) is 13.0. The van der Waals surface area contributed by atoms with Gasteiger partial charge in [-0.25, -0.2) is 4.98 Å². The summed E-state index contributed by atoms with van der Waals surface area (Å²) in [5.74, 6) is -4.64. The van der Waals surface area contributed by atoms with E-state index in [1.807, 2.05) is 0 Å². The number of esters is 2. The highest BCUT2D eigenvalue weighted by Crippen LogP contribution is 2.32. The van der Waals surface area contributed by atoms with Crippen molar-refractivity contribution in [3.63, 3.8) is 0 Å². The Morgan fingerprint density at radius 2 is 1.71 bits per heavy atom. The molecule has 0 aliphatic carbocycles. The van der Waals surface area contributed by atoms with Crippen LogP contribution in [0.25, 0.3) is 0 Å². The summed E-state index contributed by atoms with van der Waals surface area (Å²) in [6, 6.07) is 4.16. The molecule has 0 saturated heterocycles. The predicted octanol–water partition coefficient (Wildman–Crippen LogP) is 3.67. The van der Waals surface area contributed by atoms with Gasteiger partial charge in [0.2, 0.25) is 0 Å². The van der Waals surface area contributed by atoms with Gasteiger partial charge in [0.25, 0.3) is 0 Å². The van der Waals surface area contributed by atoms with Gasteiger partial charge in [-0.1, -0.05) is 6.07 Å². The highest BCUT2D eigenvalue weighted by atomic mass is 19.4. The van der Waals surface area contributed by atoms with E-state index in [0.717, 1.165) is 0 Å². The van der Waals surface area contributed by atoms with Crippen LogP contribution in [0.1, 0.15) is 56.7 Å². The van der Waals surface area contributed by atoms with Crippen molar-refractivity contribution in [2.45, 2.75) is 58.7 Å². The fraction of sp³-hybridized carbons (Fsp3) is 0.579. The van der Waals surface area contributed by atoms with Crippen molar-refractivity contribution in [3.05, 3.63) is 29.6 Å². The number of hydrogen-bond acceptors (Lipinski definition) is 6. The maximum Gasteiger partial charge on any atom is 0.392 e. The van der Waals surface area contributed by atoms with Gasteiger partial charge >= 0.3 is 18.1 Å². The fourth-order valence-corrected chi connectivity index (χ4v) is 2.31. The van der Waals surface area contributed by atoms with Crippen LogP contribution in [0.15, 0.2) is 18.2 Å². The molecule has 0 aliphatic rings. The molecule has 0 N–H and O–H groups in total. The Hall–Kier alpha value is -2.45. The molecule has 0 spiro atoms. The number of Topliss-reactive ketones (excluding diaryl/α,β-unsaturated/α-hetero) is 1. The maximum absolute atomic E-state index is 13.2. The molecule has 0 amide bonds. The van der Waals surface area contributed by atoms with E-state index in [0.29, 0.717) is 0 Å². The summed E-state index contributed by atoms with van der Waals surface area (Å²) in [5, 5.41) is 0. The Morgan fingerprint density at radius 3 is 2.25 bits per heavy atom. The number of aromatic nitrogens is 1. The number of carbonyl (C=O) groups excluding carboxylic acids is 3. The van der Waals surface area contributed by atoms with Gasteiger partial charge in [0.15, 0.2) is 5.78 Å². The Balaban J connectivity index is 2.87. The first kappa shape index (κ1) is 23.6. The van der Waals surface area contributed by atoms with Crippen LogP contribution in [0.5, 0.6) is 0 Å². The standard InChI is InChI=1S/C19H24F3NO5/c1-5-27-16(25)10-12(19(20,21)22)9-15(24)14-8-6-7-13(23-14)11-17(26)28-18(2,3)4/h6-8,12H,5,9-11H2,1-4H3/t12-/m0/s1. The van der Waals surface area contributed by atoms with Crippen molar-refractivity contribution in [1.82, 2.24) is 4.98 Å². The molecule has 1 atom stereocenters. The summed E-state index contributed by atoms with van der Waals surface area (Å²) in [6.45, 7) is 6.51. The molecule has 6 nitrogen and oxygen atoms in total. The lowest BCUT2D eigenvalue weighted by Crippen LogP contribution is -2.29. The number of pyridine rings is 1. The van der Waals surface area contributed by atoms with Crippen LogP contribution in [0.3, 0.4) is 0 Å². The third kappa shape index (κ3) is 8.49. The zero-order chi connectivity index (χ0) is 21.5. The Bertz CT molecular complexity index is 710. The Kier molecular flexibility index (Phi) is 8.14. The van der Waals surface area contributed by atoms with Gasteiger partial charge in [-0.05, 0) is 39.8 Å². The molecule has 1 heterocycles. The predicted molar refractivity (Wildman–Crippen MR) is 93.5 cm³/mol. The zero-order valence-electron chi connectivity index (χ0n) is 16.3. The van der Waals surface area contributed by atoms with E-state index in [1.54, 1.807) is 20.8 Å². The number of halogens is 3. The summed E-state index contributed by atoms with van der Waals surface area (Å²) >= 11 is 0. The number of rotatable bonds is 8. The zero-order valence-corrected chi connectivity index (χ0v) is 16.3. The van der Waals surface area contributed by atoms with Crippen LogP contribution in [-0.2, 0) is 25.5 Å². The molecule has 0 radical (unpaired) electrons. The first-order valence-corrected chi connectivity index (χ1v) is 8.75. The molecule has 1 aromatic heterocycles. The van der Waals surface area contributed by atoms with Crippen LogP contribution >= 0.6 is 0 Å². The number of ketones is 1. The van der Waals surface area contributed by atoms with E-state index in [-0.39, 0.29) is 24.4 Å². The average molecular weight is 403 g/mol. The lowest BCUT2D eigenvalue weighted by Gasteiger charge is -2.19. The molecule has 0 aliphatic heterocycles. The molecule has 0 fully saturated rings. The summed E-state index contributed by atoms with van der Waals surface area (Å²) in [6.07, 6.45) is -6.84. The monoisotopic (exact) mass is 403 g/mol. The third-order valence-corrected chi connectivity index (χ3v) is 3.45. The van der Waals surface area contributed by atoms with Crippen LogP contribution in [0.4, 0.5) is 13.2 Å². The number of alkyl halides is 3. The molecule has 0 bridgehead atoms. The second-order valence-corrected chi connectivity index (χ2v) is 7.15. The molecule has 1 aromatic rings. The summed E-state index contributed by atoms with van der Waals surface area (Å²) in [7, 11) is 0. The van der Waals surface area contributed by atoms with Gasteiger partial charge in [0.05, 0.1) is 31.1 Å². The molecule has 28 heavy (non-hydrogen) atoms. The molecule has 0 unspecified atom stereocenters. The Morgan fingerprint density at radius 1 is 1.07 bits per heavy atom. The van der Waals surface area contributed by atoms with E-state index in [1.165, 1.54) is 25.1 Å². The fourth-order valence-electron chi connectivity index (χ4n) is 2.31. The highest BCUT2D eigenvalue weighted by molar-refractivity contribution is 5.94. The van der Waals surface area contributed by atoms with E-state index < -0.39 is 48.3 Å². The first-order chi connectivity index (χ1) is 12.8. The Labute approximate surface area is 161 Å². The SMILES string of the molecule is CCOC(=O)C[C@H](CC(=O)c1cccc(CC(=O)OC(C)(C)C)n1)C(F)(F)F. The number of carbonyl (C=O) groups is 3. The number of ether oxygens (including phenoxy) is 2. The van der Waals surface area contributed by atoms with Crippen molar-refractivity contribution in [1.29, 1.82) is 0 Å². The summed E-state index contributed by atoms with van der Waals surface area (Å²) in [4.78, 5) is 39.5. The van der Waals surface area contributed by atoms with Crippen molar-refractivity contribution in [2.24, 2.45) is 5.92 Å². The van der Waals surface area contributed by atoms with Gasteiger partial charge in [-0.15, -0.1) is 0 Å². The highest BCUT2D eigenvalue weighted by Gasteiger charge is 2.42. The largest absolute Gasteiger partial charge is 0.466 e. The molecule has 9 heteroatoms. The molecule has 0 aromatic carbocycles. The minimum absolute atomic E-state index is 0.0500. The lowest BCUT2D eigenvalue weighted by molar-refractivity contribution is -0.183. The van der Waals surface area contributed by atoms with Crippen molar-refractivity contribution in [2.75, 3.05) is 6.61 Å². The minimum Gasteiger partial charge on any atom is -0.466 e. The molecular weight excluding hydrogens is 379 g/mol. The second kappa shape index (κ2) is 9.66. The molecule has 1 rings (SSSR count). The first-order valence-electron chi connectivity index (χ1n) is 8.75. The number of nitrogens with zero attached hydrogens (tertiary/aromatic N) is 1. The quantitative estimate of drug-likeness (QED) is 0.487. The smallest absolute Gasteiger partial charge is 0.392 e. The van der Waals surface area contributed by atoms with Crippen LogP contribution in [0.2, 0.25) is 0 Å². The van der Waals surface area contributed by atoms with E-state index in [4.69, 9.17) is 4.74 Å². The van der Waals surface area contributed by atoms with Crippen LogP contribution < -0.4 is 0 Å². The van der Waals surface area contributed by atoms with Gasteiger partial charge in [-0.2, -0.15) is 13.2 Å². The van der Waals surface area contributed by atoms with Crippen molar-refractivity contribution >= 4 is 17.7 Å². The molecule has 156 valence electrons. The maximum atomic E-state index is 13.2. The van der Waals surface area contributed by atoms with Gasteiger partial charge in [0.1, 0.15) is 11.3 Å². The van der Waals surface area contributed by atoms with E-state index in [2.05, 4.69) is 9.72 Å². The van der Waals surface area contributed by atoms with Crippen LogP contribution in [0, 0.1) is 5.92 Å². The molecule has 0 saturated carbocycles. The number of hydrogen-bond donors (Lipinski definition) is 0. The average Bonchev–Trinajstić information content (AvgIpc) is 2.51. The summed E-state index contributed by atoms with van der Waals surface area (Å²) in [5.41, 5.74) is -0.703.